The third-order valence-corrected chi connectivity index (χ3v) is 4.94. The maximum atomic E-state index is 12.4. The number of carbonyl (C=O) groups is 1. The predicted molar refractivity (Wildman–Crippen MR) is 107 cm³/mol. The van der Waals surface area contributed by atoms with E-state index in [9.17, 15) is 9.59 Å². The Bertz CT molecular complexity index is 826. The number of rotatable bonds is 8. The number of piperidine rings is 1. The van der Waals surface area contributed by atoms with E-state index >= 15 is 0 Å². The van der Waals surface area contributed by atoms with Gasteiger partial charge >= 0.3 is 0 Å². The number of amides is 1. The molecule has 0 aliphatic carbocycles. The van der Waals surface area contributed by atoms with Crippen LogP contribution in [0, 0.1) is 0 Å². The van der Waals surface area contributed by atoms with Crippen LogP contribution in [0.15, 0.2) is 41.2 Å². The van der Waals surface area contributed by atoms with Gasteiger partial charge in [0.05, 0.1) is 13.2 Å². The minimum absolute atomic E-state index is 0.220. The zero-order valence-electron chi connectivity index (χ0n) is 16.4. The monoisotopic (exact) mass is 384 g/mol. The molecule has 7 nitrogen and oxygen atoms in total. The van der Waals surface area contributed by atoms with Crippen molar-refractivity contribution in [2.24, 2.45) is 0 Å². The fourth-order valence-electron chi connectivity index (χ4n) is 3.32. The van der Waals surface area contributed by atoms with Crippen molar-refractivity contribution < 1.29 is 9.53 Å². The molecule has 0 atom stereocenters. The van der Waals surface area contributed by atoms with Crippen LogP contribution >= 0.6 is 0 Å². The van der Waals surface area contributed by atoms with Crippen LogP contribution in [-0.2, 0) is 24.4 Å². The van der Waals surface area contributed by atoms with Crippen LogP contribution in [-0.4, -0.2) is 47.4 Å². The second-order valence-corrected chi connectivity index (χ2v) is 7.11. The number of methoxy groups -OCH3 is 1. The average Bonchev–Trinajstić information content (AvgIpc) is 2.73. The Kier molecular flexibility index (Phi) is 7.33. The molecule has 3 rings (SSSR count). The Morgan fingerprint density at radius 2 is 1.79 bits per heavy atom. The van der Waals surface area contributed by atoms with Gasteiger partial charge in [0.2, 0.25) is 0 Å². The standard InChI is InChI=1S/C21H28N4O3/c1-28-14-13-25-20(26)10-9-19(23-25)21(27)22-15-17-5-7-18(8-6-17)16-24-11-3-2-4-12-24/h5-10H,2-4,11-16H2,1H3,(H,22,27). The number of hydrogen-bond donors (Lipinski definition) is 1. The lowest BCUT2D eigenvalue weighted by molar-refractivity contribution is 0.0942. The van der Waals surface area contributed by atoms with Crippen molar-refractivity contribution in [3.05, 3.63) is 63.6 Å². The second-order valence-electron chi connectivity index (χ2n) is 7.11. The number of nitrogens with one attached hydrogen (secondary N) is 1. The number of ether oxygens (including phenoxy) is 1. The summed E-state index contributed by atoms with van der Waals surface area (Å²) in [6, 6.07) is 11.1. The van der Waals surface area contributed by atoms with Crippen LogP contribution in [0.5, 0.6) is 0 Å². The van der Waals surface area contributed by atoms with Crippen LogP contribution < -0.4 is 10.9 Å². The average molecular weight is 384 g/mol. The highest BCUT2D eigenvalue weighted by Crippen LogP contribution is 2.13. The molecule has 1 fully saturated rings. The highest BCUT2D eigenvalue weighted by atomic mass is 16.5. The van der Waals surface area contributed by atoms with Crippen molar-refractivity contribution in [1.82, 2.24) is 20.0 Å². The Labute approximate surface area is 165 Å². The molecular weight excluding hydrogens is 356 g/mol. The number of hydrogen-bond acceptors (Lipinski definition) is 5. The van der Waals surface area contributed by atoms with Gasteiger partial charge in [-0.1, -0.05) is 30.7 Å². The van der Waals surface area contributed by atoms with Gasteiger partial charge in [0.1, 0.15) is 5.69 Å². The Morgan fingerprint density at radius 3 is 2.50 bits per heavy atom. The first-order valence-electron chi connectivity index (χ1n) is 9.81. The van der Waals surface area contributed by atoms with Gasteiger partial charge in [0.25, 0.3) is 11.5 Å². The molecule has 1 aliphatic rings. The van der Waals surface area contributed by atoms with E-state index in [1.54, 1.807) is 7.11 Å². The van der Waals surface area contributed by atoms with E-state index in [0.29, 0.717) is 19.7 Å². The molecular formula is C21H28N4O3. The Hall–Kier alpha value is -2.51. The lowest BCUT2D eigenvalue weighted by atomic mass is 10.1. The first-order chi connectivity index (χ1) is 13.7. The van der Waals surface area contributed by atoms with Gasteiger partial charge < -0.3 is 10.1 Å². The molecule has 150 valence electrons. The summed E-state index contributed by atoms with van der Waals surface area (Å²) >= 11 is 0. The summed E-state index contributed by atoms with van der Waals surface area (Å²) in [6.45, 7) is 4.44. The van der Waals surface area contributed by atoms with E-state index in [2.05, 4.69) is 27.4 Å². The fourth-order valence-corrected chi connectivity index (χ4v) is 3.32. The normalized spacial score (nSPS) is 14.8. The van der Waals surface area contributed by atoms with E-state index in [-0.39, 0.29) is 17.2 Å². The summed E-state index contributed by atoms with van der Waals surface area (Å²) < 4.78 is 6.20. The quantitative estimate of drug-likeness (QED) is 0.751. The van der Waals surface area contributed by atoms with Crippen molar-refractivity contribution in [3.8, 4) is 0 Å². The van der Waals surface area contributed by atoms with Crippen LogP contribution in [0.25, 0.3) is 0 Å². The van der Waals surface area contributed by atoms with Crippen molar-refractivity contribution in [1.29, 1.82) is 0 Å². The molecule has 1 amide bonds. The van der Waals surface area contributed by atoms with Gasteiger partial charge in [0.15, 0.2) is 0 Å². The molecule has 1 aromatic carbocycles. The number of likely N-dealkylation sites (tertiary alicyclic amines) is 1. The molecule has 0 unspecified atom stereocenters. The second kappa shape index (κ2) is 10.1. The molecule has 1 aliphatic heterocycles. The van der Waals surface area contributed by atoms with Crippen LogP contribution in [0.4, 0.5) is 0 Å². The van der Waals surface area contributed by atoms with Gasteiger partial charge in [-0.05, 0) is 43.1 Å². The highest BCUT2D eigenvalue weighted by molar-refractivity contribution is 5.91. The number of benzene rings is 1. The third kappa shape index (κ3) is 5.74. The summed E-state index contributed by atoms with van der Waals surface area (Å²) in [6.07, 6.45) is 3.92. The molecule has 0 saturated carbocycles. The zero-order valence-corrected chi connectivity index (χ0v) is 16.4. The molecule has 0 bridgehead atoms. The maximum Gasteiger partial charge on any atom is 0.271 e. The summed E-state index contributed by atoms with van der Waals surface area (Å²) in [5.41, 5.74) is 2.29. The smallest absolute Gasteiger partial charge is 0.271 e. The first kappa shape index (κ1) is 20.2. The summed E-state index contributed by atoms with van der Waals surface area (Å²) in [4.78, 5) is 26.6. The van der Waals surface area contributed by atoms with Crippen molar-refractivity contribution in [3.63, 3.8) is 0 Å². The van der Waals surface area contributed by atoms with Gasteiger partial charge in [-0.25, -0.2) is 4.68 Å². The fraction of sp³-hybridized carbons (Fsp3) is 0.476. The molecule has 1 N–H and O–H groups in total. The van der Waals surface area contributed by atoms with Crippen LogP contribution in [0.2, 0.25) is 0 Å². The summed E-state index contributed by atoms with van der Waals surface area (Å²) in [7, 11) is 1.55. The minimum atomic E-state index is -0.302. The van der Waals surface area contributed by atoms with E-state index in [1.165, 1.54) is 54.7 Å². The largest absolute Gasteiger partial charge is 0.383 e. The molecule has 28 heavy (non-hydrogen) atoms. The molecule has 0 radical (unpaired) electrons. The molecule has 2 heterocycles. The topological polar surface area (TPSA) is 76.5 Å². The van der Waals surface area contributed by atoms with Gasteiger partial charge in [-0.3, -0.25) is 14.5 Å². The summed E-state index contributed by atoms with van der Waals surface area (Å²) in [5, 5.41) is 6.97. The minimum Gasteiger partial charge on any atom is -0.383 e. The Balaban J connectivity index is 1.53. The lowest BCUT2D eigenvalue weighted by Crippen LogP contribution is -2.30. The van der Waals surface area contributed by atoms with E-state index < -0.39 is 0 Å². The van der Waals surface area contributed by atoms with Gasteiger partial charge in [0, 0.05) is 26.3 Å². The highest BCUT2D eigenvalue weighted by Gasteiger charge is 2.11. The van der Waals surface area contributed by atoms with E-state index in [4.69, 9.17) is 4.74 Å². The zero-order chi connectivity index (χ0) is 19.8. The van der Waals surface area contributed by atoms with Crippen molar-refractivity contribution >= 4 is 5.91 Å². The van der Waals surface area contributed by atoms with Crippen molar-refractivity contribution in [2.45, 2.75) is 38.9 Å². The molecule has 7 heteroatoms. The molecule has 0 spiro atoms. The van der Waals surface area contributed by atoms with E-state index in [1.807, 2.05) is 12.1 Å². The van der Waals surface area contributed by atoms with E-state index in [0.717, 1.165) is 12.1 Å². The summed E-state index contributed by atoms with van der Waals surface area (Å²) in [5.74, 6) is -0.302. The maximum absolute atomic E-state index is 12.4. The van der Waals surface area contributed by atoms with Crippen LogP contribution in [0.1, 0.15) is 40.9 Å². The first-order valence-corrected chi connectivity index (χ1v) is 9.81. The predicted octanol–water partition coefficient (Wildman–Crippen LogP) is 1.81. The number of aromatic nitrogens is 2. The van der Waals surface area contributed by atoms with Gasteiger partial charge in [-0.2, -0.15) is 5.10 Å². The van der Waals surface area contributed by atoms with Crippen LogP contribution in [0.3, 0.4) is 0 Å². The molecule has 1 aromatic heterocycles. The molecule has 1 saturated heterocycles. The Morgan fingerprint density at radius 1 is 1.07 bits per heavy atom. The number of nitrogens with zero attached hydrogens (tertiary/aromatic N) is 3. The van der Waals surface area contributed by atoms with Gasteiger partial charge in [-0.15, -0.1) is 0 Å². The SMILES string of the molecule is COCCn1nc(C(=O)NCc2ccc(CN3CCCCC3)cc2)ccc1=O. The lowest BCUT2D eigenvalue weighted by Gasteiger charge is -2.26. The number of carbonyl (C=O) groups excluding carboxylic acids is 1. The molecule has 2 aromatic rings. The van der Waals surface area contributed by atoms with Crippen molar-refractivity contribution in [2.75, 3.05) is 26.8 Å². The third-order valence-electron chi connectivity index (χ3n) is 4.94.